The lowest BCUT2D eigenvalue weighted by atomic mass is 10.0. The second-order valence-corrected chi connectivity index (χ2v) is 6.10. The summed E-state index contributed by atoms with van der Waals surface area (Å²) in [5.74, 6) is 0.571. The van der Waals surface area contributed by atoms with Gasteiger partial charge in [-0.05, 0) is 30.2 Å². The van der Waals surface area contributed by atoms with Crippen LogP contribution in [-0.2, 0) is 22.5 Å². The Labute approximate surface area is 153 Å². The second-order valence-electron chi connectivity index (χ2n) is 6.10. The largest absolute Gasteiger partial charge is 0.497 e. The molecule has 1 heterocycles. The van der Waals surface area contributed by atoms with Crippen molar-refractivity contribution in [2.24, 2.45) is 0 Å². The van der Waals surface area contributed by atoms with Crippen LogP contribution in [0.25, 0.3) is 10.9 Å². The molecular formula is C21H24N2O3. The molecule has 26 heavy (non-hydrogen) atoms. The van der Waals surface area contributed by atoms with Gasteiger partial charge in [-0.3, -0.25) is 4.79 Å². The number of aromatic amines is 1. The van der Waals surface area contributed by atoms with Crippen molar-refractivity contribution in [2.75, 3.05) is 13.7 Å². The Balaban J connectivity index is 1.77. The van der Waals surface area contributed by atoms with Crippen molar-refractivity contribution in [1.29, 1.82) is 0 Å². The van der Waals surface area contributed by atoms with Crippen LogP contribution in [0.2, 0.25) is 0 Å². The molecule has 0 saturated carbocycles. The zero-order chi connectivity index (χ0) is 18.4. The molecule has 136 valence electrons. The maximum absolute atomic E-state index is 12.4. The van der Waals surface area contributed by atoms with Gasteiger partial charge in [0.1, 0.15) is 11.8 Å². The number of methoxy groups -OCH3 is 1. The molecule has 2 aromatic carbocycles. The first kappa shape index (κ1) is 18.0. The molecule has 0 saturated heterocycles. The number of rotatable bonds is 8. The first-order valence-electron chi connectivity index (χ1n) is 8.79. The van der Waals surface area contributed by atoms with E-state index in [1.54, 1.807) is 7.11 Å². The summed E-state index contributed by atoms with van der Waals surface area (Å²) < 4.78 is 10.5. The zero-order valence-corrected chi connectivity index (χ0v) is 15.1. The lowest BCUT2D eigenvalue weighted by Gasteiger charge is -2.17. The van der Waals surface area contributed by atoms with E-state index in [-0.39, 0.29) is 5.97 Å². The number of carbonyl (C=O) groups excluding carboxylic acids is 1. The molecule has 0 amide bonds. The van der Waals surface area contributed by atoms with Crippen LogP contribution in [0.3, 0.4) is 0 Å². The molecule has 3 rings (SSSR count). The average molecular weight is 352 g/mol. The molecule has 5 nitrogen and oxygen atoms in total. The number of aromatic nitrogens is 1. The summed E-state index contributed by atoms with van der Waals surface area (Å²) in [6.07, 6.45) is 2.50. The molecule has 0 aliphatic heterocycles. The Bertz CT molecular complexity index is 858. The molecule has 0 spiro atoms. The summed E-state index contributed by atoms with van der Waals surface area (Å²) in [6.45, 7) is 2.80. The molecule has 0 aliphatic rings. The number of nitrogens with one attached hydrogen (secondary N) is 2. The Hall–Kier alpha value is -2.79. The Kier molecular flexibility index (Phi) is 5.92. The first-order valence-corrected chi connectivity index (χ1v) is 8.79. The Morgan fingerprint density at radius 2 is 2.00 bits per heavy atom. The summed E-state index contributed by atoms with van der Waals surface area (Å²) in [5, 5.41) is 4.42. The highest BCUT2D eigenvalue weighted by Crippen LogP contribution is 2.24. The molecule has 3 aromatic rings. The molecule has 0 bridgehead atoms. The van der Waals surface area contributed by atoms with E-state index in [4.69, 9.17) is 9.47 Å². The molecular weight excluding hydrogens is 328 g/mol. The van der Waals surface area contributed by atoms with Crippen LogP contribution in [0.15, 0.2) is 54.7 Å². The molecule has 0 aliphatic carbocycles. The van der Waals surface area contributed by atoms with E-state index in [2.05, 4.69) is 10.3 Å². The highest BCUT2D eigenvalue weighted by atomic mass is 16.5. The van der Waals surface area contributed by atoms with Gasteiger partial charge in [0.25, 0.3) is 0 Å². The van der Waals surface area contributed by atoms with Crippen LogP contribution >= 0.6 is 0 Å². The Morgan fingerprint density at radius 3 is 2.73 bits per heavy atom. The van der Waals surface area contributed by atoms with Crippen molar-refractivity contribution in [2.45, 2.75) is 25.9 Å². The van der Waals surface area contributed by atoms with Crippen molar-refractivity contribution in [3.8, 4) is 5.75 Å². The molecule has 0 radical (unpaired) electrons. The number of esters is 1. The van der Waals surface area contributed by atoms with Gasteiger partial charge in [-0.2, -0.15) is 0 Å². The summed E-state index contributed by atoms with van der Waals surface area (Å²) in [5.41, 5.74) is 3.19. The first-order chi connectivity index (χ1) is 12.7. The maximum atomic E-state index is 12.4. The number of H-pyrrole nitrogens is 1. The van der Waals surface area contributed by atoms with Crippen LogP contribution in [-0.4, -0.2) is 30.7 Å². The topological polar surface area (TPSA) is 63.4 Å². The lowest BCUT2D eigenvalue weighted by molar-refractivity contribution is -0.145. The number of fused-ring (bicyclic) bond motifs is 1. The molecule has 2 N–H and O–H groups in total. The highest BCUT2D eigenvalue weighted by Gasteiger charge is 2.21. The molecule has 1 aromatic heterocycles. The molecule has 1 atom stereocenters. The summed E-state index contributed by atoms with van der Waals surface area (Å²) in [6, 6.07) is 15.5. The smallest absolute Gasteiger partial charge is 0.323 e. The average Bonchev–Trinajstić information content (AvgIpc) is 3.08. The van der Waals surface area contributed by atoms with Gasteiger partial charge >= 0.3 is 5.97 Å². The van der Waals surface area contributed by atoms with Crippen molar-refractivity contribution in [1.82, 2.24) is 10.3 Å². The van der Waals surface area contributed by atoms with Gasteiger partial charge in [-0.15, -0.1) is 0 Å². The van der Waals surface area contributed by atoms with Crippen molar-refractivity contribution < 1.29 is 14.3 Å². The van der Waals surface area contributed by atoms with E-state index >= 15 is 0 Å². The second kappa shape index (κ2) is 8.54. The molecule has 0 fully saturated rings. The van der Waals surface area contributed by atoms with E-state index in [1.165, 1.54) is 0 Å². The van der Waals surface area contributed by atoms with Crippen molar-refractivity contribution >= 4 is 16.9 Å². The number of hydrogen-bond donors (Lipinski definition) is 2. The van der Waals surface area contributed by atoms with E-state index in [0.717, 1.165) is 27.8 Å². The van der Waals surface area contributed by atoms with E-state index < -0.39 is 6.04 Å². The normalized spacial score (nSPS) is 12.1. The van der Waals surface area contributed by atoms with E-state index in [9.17, 15) is 4.79 Å². The number of carbonyl (C=O) groups is 1. The summed E-state index contributed by atoms with van der Waals surface area (Å²) >= 11 is 0. The van der Waals surface area contributed by atoms with Gasteiger partial charge in [-0.25, -0.2) is 0 Å². The van der Waals surface area contributed by atoms with Crippen LogP contribution in [0, 0.1) is 0 Å². The third-order valence-electron chi connectivity index (χ3n) is 4.37. The SMILES string of the molecule is CCOC(=O)[C@@H](Cc1c[nH]c2cc(OC)ccc12)NCc1ccccc1. The van der Waals surface area contributed by atoms with Gasteiger partial charge in [0.2, 0.25) is 0 Å². The van der Waals surface area contributed by atoms with Gasteiger partial charge in [-0.1, -0.05) is 30.3 Å². The standard InChI is InChI=1S/C21H24N2O3/c1-3-26-21(24)20(22-13-15-7-5-4-6-8-15)11-16-14-23-19-12-17(25-2)9-10-18(16)19/h4-10,12,14,20,22-23H,3,11,13H2,1-2H3/t20-/m1/s1. The Morgan fingerprint density at radius 1 is 1.19 bits per heavy atom. The van der Waals surface area contributed by atoms with E-state index in [0.29, 0.717) is 19.6 Å². The highest BCUT2D eigenvalue weighted by molar-refractivity contribution is 5.85. The monoisotopic (exact) mass is 352 g/mol. The maximum Gasteiger partial charge on any atom is 0.323 e. The van der Waals surface area contributed by atoms with E-state index in [1.807, 2.05) is 61.7 Å². The quantitative estimate of drug-likeness (QED) is 0.610. The van der Waals surface area contributed by atoms with Crippen LogP contribution < -0.4 is 10.1 Å². The van der Waals surface area contributed by atoms with Crippen molar-refractivity contribution in [3.63, 3.8) is 0 Å². The third-order valence-corrected chi connectivity index (χ3v) is 4.37. The van der Waals surface area contributed by atoms with Crippen LogP contribution in [0.5, 0.6) is 5.75 Å². The molecule has 0 unspecified atom stereocenters. The fourth-order valence-electron chi connectivity index (χ4n) is 3.00. The minimum Gasteiger partial charge on any atom is -0.497 e. The van der Waals surface area contributed by atoms with Gasteiger partial charge < -0.3 is 19.8 Å². The fourth-order valence-corrected chi connectivity index (χ4v) is 3.00. The number of ether oxygens (including phenoxy) is 2. The lowest BCUT2D eigenvalue weighted by Crippen LogP contribution is -2.39. The fraction of sp³-hybridized carbons (Fsp3) is 0.286. The predicted octanol–water partition coefficient (Wildman–Crippen LogP) is 3.44. The van der Waals surface area contributed by atoms with Crippen LogP contribution in [0.4, 0.5) is 0 Å². The zero-order valence-electron chi connectivity index (χ0n) is 15.1. The predicted molar refractivity (Wildman–Crippen MR) is 102 cm³/mol. The minimum absolute atomic E-state index is 0.230. The number of hydrogen-bond acceptors (Lipinski definition) is 4. The van der Waals surface area contributed by atoms with Crippen molar-refractivity contribution in [3.05, 3.63) is 65.9 Å². The van der Waals surface area contributed by atoms with Crippen LogP contribution in [0.1, 0.15) is 18.1 Å². The number of benzene rings is 2. The third kappa shape index (κ3) is 4.24. The van der Waals surface area contributed by atoms with Gasteiger partial charge in [0.05, 0.1) is 13.7 Å². The summed E-state index contributed by atoms with van der Waals surface area (Å²) in [4.78, 5) is 15.7. The van der Waals surface area contributed by atoms with Gasteiger partial charge in [0, 0.05) is 36.1 Å². The van der Waals surface area contributed by atoms with Gasteiger partial charge in [0.15, 0.2) is 0 Å². The minimum atomic E-state index is -0.406. The summed E-state index contributed by atoms with van der Waals surface area (Å²) in [7, 11) is 1.65. The molecule has 5 heteroatoms.